The maximum atomic E-state index is 10.5. The van der Waals surface area contributed by atoms with Crippen LogP contribution in [0.25, 0.3) is 22.2 Å². The summed E-state index contributed by atoms with van der Waals surface area (Å²) in [5.41, 5.74) is 3.73. The van der Waals surface area contributed by atoms with Crippen LogP contribution in [0.2, 0.25) is 0 Å². The predicted octanol–water partition coefficient (Wildman–Crippen LogP) is 6.12. The Morgan fingerprint density at radius 2 is 1.65 bits per heavy atom. The average Bonchev–Trinajstić information content (AvgIpc) is 3.04. The van der Waals surface area contributed by atoms with E-state index in [0.29, 0.717) is 5.56 Å². The molecular weight excluding hydrogens is 462 g/mol. The van der Waals surface area contributed by atoms with Crippen LogP contribution in [0.15, 0.2) is 78.9 Å². The first kappa shape index (κ1) is 20.1. The van der Waals surface area contributed by atoms with E-state index in [4.69, 9.17) is 0 Å². The number of aromatic hydroxyl groups is 1. The van der Waals surface area contributed by atoms with Gasteiger partial charge >= 0.3 is 191 Å². The second kappa shape index (κ2) is 7.71. The molecule has 3 heteroatoms. The number of hydrogen-bond acceptors (Lipinski definition) is 1. The minimum atomic E-state index is -1.57. The summed E-state index contributed by atoms with van der Waals surface area (Å²) in [6.07, 6.45) is 2.30. The number of aryl methyl sites for hydroxylation is 1. The molecule has 1 nitrogen and oxygen atoms in total. The van der Waals surface area contributed by atoms with Crippen LogP contribution in [0.5, 0.6) is 5.75 Å². The van der Waals surface area contributed by atoms with Crippen LogP contribution in [-0.4, -0.2) is 26.9 Å². The van der Waals surface area contributed by atoms with E-state index in [9.17, 15) is 5.11 Å². The summed E-state index contributed by atoms with van der Waals surface area (Å²) in [6, 6.07) is 26.8. The van der Waals surface area contributed by atoms with Gasteiger partial charge in [0, 0.05) is 0 Å². The summed E-state index contributed by atoms with van der Waals surface area (Å²) in [5.74, 6) is 6.87. The molecule has 0 amide bonds. The van der Waals surface area contributed by atoms with Gasteiger partial charge in [-0.2, -0.15) is 0 Å². The Morgan fingerprint density at radius 3 is 2.48 bits per heavy atom. The molecule has 0 radical (unpaired) electrons. The molecule has 5 rings (SSSR count). The Hall–Kier alpha value is -2.81. The Bertz CT molecular complexity index is 1500. The van der Waals surface area contributed by atoms with E-state index in [-0.39, 0.29) is 5.75 Å². The number of phenolic OH excluding ortho intramolecular Hbond substituents is 1. The number of rotatable bonds is 1. The van der Waals surface area contributed by atoms with E-state index in [1.54, 1.807) is 6.07 Å². The van der Waals surface area contributed by atoms with Gasteiger partial charge in [-0.1, -0.05) is 0 Å². The summed E-state index contributed by atoms with van der Waals surface area (Å²) in [4.78, 5) is 0. The number of phenols is 1. The summed E-state index contributed by atoms with van der Waals surface area (Å²) < 4.78 is 0. The van der Waals surface area contributed by atoms with Crippen LogP contribution < -0.4 is 5.30 Å². The molecule has 150 valence electrons. The molecule has 1 unspecified atom stereocenters. The Morgan fingerprint density at radius 1 is 0.871 bits per heavy atom. The van der Waals surface area contributed by atoms with Crippen molar-refractivity contribution in [1.29, 1.82) is 0 Å². The first-order valence-electron chi connectivity index (χ1n) is 10.2. The molecule has 1 atom stereocenters. The first-order chi connectivity index (χ1) is 14.9. The van der Waals surface area contributed by atoms with Gasteiger partial charge in [0.15, 0.2) is 0 Å². The monoisotopic (exact) mass is 484 g/mol. The fraction of sp³-hybridized carbons (Fsp3) is 0.0714. The van der Waals surface area contributed by atoms with Gasteiger partial charge in [0.1, 0.15) is 0 Å². The van der Waals surface area contributed by atoms with Crippen molar-refractivity contribution in [1.82, 2.24) is 0 Å². The van der Waals surface area contributed by atoms with Gasteiger partial charge in [-0.15, -0.1) is 0 Å². The van der Waals surface area contributed by atoms with E-state index in [1.807, 2.05) is 18.2 Å². The molecule has 0 aliphatic carbocycles. The molecule has 0 bridgehead atoms. The molecule has 0 saturated heterocycles. The average molecular weight is 483 g/mol. The quantitative estimate of drug-likeness (QED) is 0.197. The molecular formula is C28H21OPSe. The standard InChI is InChI=1S/C28H21OPSe/c1-19-11-14-23-21(17-19)13-16-26(29)25(23)15-12-20-7-3-5-9-24(20)28-18-22-8-4-6-10-27(22)30(28,2)31/h3-11,13-14,16-18,29H,1-2H3. The number of benzene rings is 4. The molecule has 0 aromatic heterocycles. The van der Waals surface area contributed by atoms with Gasteiger partial charge in [0.05, 0.1) is 0 Å². The van der Waals surface area contributed by atoms with Crippen LogP contribution in [0.3, 0.4) is 0 Å². The van der Waals surface area contributed by atoms with Crippen LogP contribution in [-0.2, 0) is 0 Å². The van der Waals surface area contributed by atoms with Crippen molar-refractivity contribution in [3.63, 3.8) is 0 Å². The van der Waals surface area contributed by atoms with Crippen molar-refractivity contribution in [3.8, 4) is 17.6 Å². The van der Waals surface area contributed by atoms with Crippen molar-refractivity contribution >= 4 is 48.1 Å². The second-order valence-corrected chi connectivity index (χ2v) is 15.4. The maximum absolute atomic E-state index is 10.5. The van der Waals surface area contributed by atoms with Crippen LogP contribution in [0.4, 0.5) is 0 Å². The van der Waals surface area contributed by atoms with Gasteiger partial charge < -0.3 is 0 Å². The van der Waals surface area contributed by atoms with Crippen LogP contribution in [0.1, 0.15) is 27.8 Å². The summed E-state index contributed by atoms with van der Waals surface area (Å²) in [6.45, 7) is 4.40. The molecule has 4 aromatic carbocycles. The van der Waals surface area contributed by atoms with Gasteiger partial charge in [0.2, 0.25) is 0 Å². The van der Waals surface area contributed by atoms with Crippen LogP contribution >= 0.6 is 5.51 Å². The fourth-order valence-electron chi connectivity index (χ4n) is 4.22. The SMILES string of the molecule is Cc1ccc2c(C#Cc3ccccc3C3=Cc4ccccc4P3(C)=[Se])c(O)ccc2c1. The molecule has 1 N–H and O–H groups in total. The molecule has 1 heterocycles. The topological polar surface area (TPSA) is 20.2 Å². The second-order valence-electron chi connectivity index (χ2n) is 7.99. The molecule has 0 saturated carbocycles. The van der Waals surface area contributed by atoms with Gasteiger partial charge in [0.25, 0.3) is 0 Å². The van der Waals surface area contributed by atoms with Gasteiger partial charge in [-0.25, -0.2) is 0 Å². The van der Waals surface area contributed by atoms with Crippen molar-refractivity contribution < 1.29 is 5.11 Å². The zero-order chi connectivity index (χ0) is 21.6. The van der Waals surface area contributed by atoms with Crippen molar-refractivity contribution in [2.75, 3.05) is 6.66 Å². The van der Waals surface area contributed by atoms with Gasteiger partial charge in [-0.05, 0) is 0 Å². The first-order valence-corrected chi connectivity index (χ1v) is 14.6. The number of fused-ring (bicyclic) bond motifs is 2. The Kier molecular flexibility index (Phi) is 5.00. The zero-order valence-electron chi connectivity index (χ0n) is 17.4. The van der Waals surface area contributed by atoms with E-state index in [2.05, 4.69) is 101 Å². The zero-order valence-corrected chi connectivity index (χ0v) is 20.0. The van der Waals surface area contributed by atoms with E-state index in [1.165, 1.54) is 21.7 Å². The van der Waals surface area contributed by atoms with Crippen molar-refractivity contribution in [2.45, 2.75) is 6.92 Å². The molecule has 31 heavy (non-hydrogen) atoms. The third kappa shape index (κ3) is 3.50. The Balaban J connectivity index is 1.65. The minimum absolute atomic E-state index is 0.218. The van der Waals surface area contributed by atoms with E-state index < -0.39 is 5.51 Å². The Labute approximate surface area is 190 Å². The predicted molar refractivity (Wildman–Crippen MR) is 135 cm³/mol. The van der Waals surface area contributed by atoms with Crippen LogP contribution in [0, 0.1) is 18.8 Å². The molecule has 1 aliphatic rings. The summed E-state index contributed by atoms with van der Waals surface area (Å²) in [7, 11) is 0. The fourth-order valence-corrected chi connectivity index (χ4v) is 8.52. The van der Waals surface area contributed by atoms with Gasteiger partial charge in [-0.3, -0.25) is 0 Å². The van der Waals surface area contributed by atoms with Crippen molar-refractivity contribution in [2.24, 2.45) is 0 Å². The van der Waals surface area contributed by atoms with Crippen molar-refractivity contribution in [3.05, 3.63) is 107 Å². The summed E-state index contributed by atoms with van der Waals surface area (Å²) in [5, 5.41) is 15.3. The third-order valence-electron chi connectivity index (χ3n) is 5.83. The summed E-state index contributed by atoms with van der Waals surface area (Å²) >= 11 is 3.51. The number of hydrogen-bond donors (Lipinski definition) is 1. The molecule has 0 fully saturated rings. The van der Waals surface area contributed by atoms with E-state index >= 15 is 0 Å². The normalized spacial score (nSPS) is 17.0. The molecule has 1 aliphatic heterocycles. The molecule has 4 aromatic rings. The molecule has 0 spiro atoms. The van der Waals surface area contributed by atoms with E-state index in [0.717, 1.165) is 21.9 Å². The third-order valence-corrected chi connectivity index (χ3v) is 10.9.